The molecule has 0 bridgehead atoms. The van der Waals surface area contributed by atoms with Gasteiger partial charge in [0.2, 0.25) is 5.75 Å². The Labute approximate surface area is 180 Å². The fraction of sp³-hybridized carbons (Fsp3) is 0.458. The predicted molar refractivity (Wildman–Crippen MR) is 123 cm³/mol. The maximum Gasteiger partial charge on any atom is 0.255 e. The second kappa shape index (κ2) is 11.3. The largest absolute Gasteiger partial charge is 0.490 e. The van der Waals surface area contributed by atoms with Crippen molar-refractivity contribution in [3.8, 4) is 17.2 Å². The van der Waals surface area contributed by atoms with E-state index in [2.05, 4.69) is 31.0 Å². The standard InChI is InChI=1S/C24H34N2O4/c1-7-26(17(5)6)20-13-11-19(12-14-20)25-24(27)18-15-21(28-8-2)23(30-10-4)22(16-18)29-9-3/h11-17H,7-10H2,1-6H3,(H,25,27). The first-order valence-corrected chi connectivity index (χ1v) is 10.7. The van der Waals surface area contributed by atoms with Crippen LogP contribution in [-0.2, 0) is 0 Å². The van der Waals surface area contributed by atoms with Crippen LogP contribution in [0.2, 0.25) is 0 Å². The SMILES string of the molecule is CCOc1cc(C(=O)Nc2ccc(N(CC)C(C)C)cc2)cc(OCC)c1OCC. The summed E-state index contributed by atoms with van der Waals surface area (Å²) in [4.78, 5) is 15.2. The van der Waals surface area contributed by atoms with Gasteiger partial charge < -0.3 is 24.4 Å². The fourth-order valence-electron chi connectivity index (χ4n) is 3.31. The minimum absolute atomic E-state index is 0.232. The molecule has 0 saturated carbocycles. The molecule has 2 aromatic rings. The molecule has 6 heteroatoms. The summed E-state index contributed by atoms with van der Waals surface area (Å²) in [6, 6.07) is 11.7. The molecule has 0 fully saturated rings. The average Bonchev–Trinajstić information content (AvgIpc) is 2.72. The van der Waals surface area contributed by atoms with E-state index in [0.717, 1.165) is 17.9 Å². The van der Waals surface area contributed by atoms with Crippen molar-refractivity contribution < 1.29 is 19.0 Å². The molecule has 0 saturated heterocycles. The van der Waals surface area contributed by atoms with Crippen molar-refractivity contribution in [3.63, 3.8) is 0 Å². The minimum atomic E-state index is -0.232. The van der Waals surface area contributed by atoms with Crippen LogP contribution in [0.1, 0.15) is 51.9 Å². The van der Waals surface area contributed by atoms with E-state index in [1.807, 2.05) is 45.0 Å². The van der Waals surface area contributed by atoms with Crippen molar-refractivity contribution in [3.05, 3.63) is 42.0 Å². The molecule has 0 aliphatic rings. The van der Waals surface area contributed by atoms with Gasteiger partial charge in [0, 0.05) is 29.5 Å². The molecular weight excluding hydrogens is 380 g/mol. The molecule has 1 amide bonds. The van der Waals surface area contributed by atoms with Gasteiger partial charge in [-0.15, -0.1) is 0 Å². The molecule has 6 nitrogen and oxygen atoms in total. The molecule has 0 unspecified atom stereocenters. The Kier molecular flexibility index (Phi) is 8.84. The van der Waals surface area contributed by atoms with Crippen molar-refractivity contribution in [1.82, 2.24) is 0 Å². The average molecular weight is 415 g/mol. The first-order valence-electron chi connectivity index (χ1n) is 10.7. The van der Waals surface area contributed by atoms with E-state index in [1.54, 1.807) is 12.1 Å². The molecule has 0 heterocycles. The lowest BCUT2D eigenvalue weighted by Gasteiger charge is -2.27. The zero-order valence-electron chi connectivity index (χ0n) is 19.0. The maximum atomic E-state index is 12.9. The van der Waals surface area contributed by atoms with Crippen LogP contribution in [0.5, 0.6) is 17.2 Å². The zero-order chi connectivity index (χ0) is 22.1. The number of carbonyl (C=O) groups is 1. The third kappa shape index (κ3) is 5.81. The Morgan fingerprint density at radius 2 is 1.43 bits per heavy atom. The van der Waals surface area contributed by atoms with Gasteiger partial charge in [-0.2, -0.15) is 0 Å². The van der Waals surface area contributed by atoms with Gasteiger partial charge in [-0.1, -0.05) is 0 Å². The van der Waals surface area contributed by atoms with Crippen LogP contribution in [-0.4, -0.2) is 38.3 Å². The Balaban J connectivity index is 2.27. The lowest BCUT2D eigenvalue weighted by atomic mass is 10.1. The number of amides is 1. The molecule has 164 valence electrons. The topological polar surface area (TPSA) is 60.0 Å². The normalized spacial score (nSPS) is 10.6. The number of hydrogen-bond acceptors (Lipinski definition) is 5. The summed E-state index contributed by atoms with van der Waals surface area (Å²) in [7, 11) is 0. The first kappa shape index (κ1) is 23.4. The van der Waals surface area contributed by atoms with Crippen LogP contribution >= 0.6 is 0 Å². The number of carbonyl (C=O) groups excluding carboxylic acids is 1. The lowest BCUT2D eigenvalue weighted by Crippen LogP contribution is -2.30. The smallest absolute Gasteiger partial charge is 0.255 e. The third-order valence-corrected chi connectivity index (χ3v) is 4.59. The van der Waals surface area contributed by atoms with Crippen molar-refractivity contribution in [2.75, 3.05) is 36.6 Å². The molecule has 0 aromatic heterocycles. The monoisotopic (exact) mass is 414 g/mol. The van der Waals surface area contributed by atoms with Gasteiger partial charge in [0.1, 0.15) is 0 Å². The van der Waals surface area contributed by atoms with Gasteiger partial charge in [0.05, 0.1) is 19.8 Å². The number of anilines is 2. The summed E-state index contributed by atoms with van der Waals surface area (Å²) in [5.41, 5.74) is 2.31. The highest BCUT2D eigenvalue weighted by Gasteiger charge is 2.18. The Morgan fingerprint density at radius 3 is 1.87 bits per heavy atom. The third-order valence-electron chi connectivity index (χ3n) is 4.59. The molecule has 0 aliphatic carbocycles. The van der Waals surface area contributed by atoms with Crippen LogP contribution < -0.4 is 24.4 Å². The highest BCUT2D eigenvalue weighted by atomic mass is 16.5. The van der Waals surface area contributed by atoms with E-state index in [9.17, 15) is 4.79 Å². The summed E-state index contributed by atoms with van der Waals surface area (Å²) in [6.45, 7) is 14.5. The van der Waals surface area contributed by atoms with Crippen molar-refractivity contribution >= 4 is 17.3 Å². The molecule has 0 atom stereocenters. The van der Waals surface area contributed by atoms with Gasteiger partial charge in [-0.05, 0) is 77.9 Å². The van der Waals surface area contributed by atoms with Gasteiger partial charge in [0.15, 0.2) is 11.5 Å². The fourth-order valence-corrected chi connectivity index (χ4v) is 3.31. The Hall–Kier alpha value is -2.89. The highest BCUT2D eigenvalue weighted by Crippen LogP contribution is 2.39. The summed E-state index contributed by atoms with van der Waals surface area (Å²) in [6.07, 6.45) is 0. The Morgan fingerprint density at radius 1 is 0.900 bits per heavy atom. The van der Waals surface area contributed by atoms with Crippen LogP contribution in [0.3, 0.4) is 0 Å². The lowest BCUT2D eigenvalue weighted by molar-refractivity contribution is 0.102. The molecule has 2 rings (SSSR count). The summed E-state index contributed by atoms with van der Waals surface area (Å²) in [5, 5.41) is 2.95. The van der Waals surface area contributed by atoms with Crippen molar-refractivity contribution in [1.29, 1.82) is 0 Å². The summed E-state index contributed by atoms with van der Waals surface area (Å²) >= 11 is 0. The molecule has 0 spiro atoms. The van der Waals surface area contributed by atoms with E-state index in [1.165, 1.54) is 0 Å². The maximum absolute atomic E-state index is 12.9. The number of hydrogen-bond donors (Lipinski definition) is 1. The minimum Gasteiger partial charge on any atom is -0.490 e. The summed E-state index contributed by atoms with van der Waals surface area (Å²) < 4.78 is 17.1. The molecular formula is C24H34N2O4. The van der Waals surface area contributed by atoms with Crippen LogP contribution in [0.25, 0.3) is 0 Å². The van der Waals surface area contributed by atoms with E-state index in [-0.39, 0.29) is 5.91 Å². The van der Waals surface area contributed by atoms with Gasteiger partial charge in [-0.25, -0.2) is 0 Å². The quantitative estimate of drug-likeness (QED) is 0.536. The number of nitrogens with zero attached hydrogens (tertiary/aromatic N) is 1. The molecule has 30 heavy (non-hydrogen) atoms. The summed E-state index contributed by atoms with van der Waals surface area (Å²) in [5.74, 6) is 1.29. The number of rotatable bonds is 11. The Bertz CT molecular complexity index is 791. The van der Waals surface area contributed by atoms with Crippen LogP contribution in [0, 0.1) is 0 Å². The highest BCUT2D eigenvalue weighted by molar-refractivity contribution is 6.05. The van der Waals surface area contributed by atoms with Gasteiger partial charge in [-0.3, -0.25) is 4.79 Å². The van der Waals surface area contributed by atoms with E-state index in [4.69, 9.17) is 14.2 Å². The van der Waals surface area contributed by atoms with E-state index < -0.39 is 0 Å². The van der Waals surface area contributed by atoms with E-state index >= 15 is 0 Å². The van der Waals surface area contributed by atoms with Gasteiger partial charge in [0.25, 0.3) is 5.91 Å². The second-order valence-electron chi connectivity index (χ2n) is 6.98. The molecule has 1 N–H and O–H groups in total. The molecule has 0 aliphatic heterocycles. The number of nitrogens with one attached hydrogen (secondary N) is 1. The first-order chi connectivity index (χ1) is 14.4. The second-order valence-corrected chi connectivity index (χ2v) is 6.98. The van der Waals surface area contributed by atoms with E-state index in [0.29, 0.717) is 48.7 Å². The molecule has 0 radical (unpaired) electrons. The molecule has 2 aromatic carbocycles. The number of ether oxygens (including phenoxy) is 3. The van der Waals surface area contributed by atoms with Crippen LogP contribution in [0.15, 0.2) is 36.4 Å². The van der Waals surface area contributed by atoms with Crippen LogP contribution in [0.4, 0.5) is 11.4 Å². The van der Waals surface area contributed by atoms with Gasteiger partial charge >= 0.3 is 0 Å². The zero-order valence-corrected chi connectivity index (χ0v) is 19.0. The predicted octanol–water partition coefficient (Wildman–Crippen LogP) is 5.37. The van der Waals surface area contributed by atoms with Crippen molar-refractivity contribution in [2.45, 2.75) is 47.6 Å². The van der Waals surface area contributed by atoms with Crippen molar-refractivity contribution in [2.24, 2.45) is 0 Å². The number of benzene rings is 2.